The van der Waals surface area contributed by atoms with Crippen molar-refractivity contribution in [1.29, 1.82) is 0 Å². The van der Waals surface area contributed by atoms with Gasteiger partial charge in [0.1, 0.15) is 0 Å². The second kappa shape index (κ2) is 5.15. The van der Waals surface area contributed by atoms with Crippen LogP contribution in [0.15, 0.2) is 29.2 Å². The SMILES string of the molecule is CC(=O)c1ccc(S(=O)(=O)NC2CC3CCC2(C)C3(C)C)cc1. The minimum Gasteiger partial charge on any atom is -0.295 e. The maximum Gasteiger partial charge on any atom is 0.240 e. The van der Waals surface area contributed by atoms with E-state index in [4.69, 9.17) is 0 Å². The molecule has 0 aliphatic heterocycles. The number of ketones is 1. The molecule has 126 valence electrons. The third kappa shape index (κ3) is 2.45. The summed E-state index contributed by atoms with van der Waals surface area (Å²) >= 11 is 0. The highest BCUT2D eigenvalue weighted by Gasteiger charge is 2.61. The van der Waals surface area contributed by atoms with Crippen molar-refractivity contribution >= 4 is 15.8 Å². The molecule has 1 aromatic rings. The molecular weight excluding hydrogens is 310 g/mol. The van der Waals surface area contributed by atoms with Gasteiger partial charge in [0.15, 0.2) is 5.78 Å². The number of hydrogen-bond donors (Lipinski definition) is 1. The van der Waals surface area contributed by atoms with Crippen molar-refractivity contribution in [2.24, 2.45) is 16.7 Å². The molecule has 1 N–H and O–H groups in total. The van der Waals surface area contributed by atoms with Gasteiger partial charge in [0.05, 0.1) is 4.90 Å². The maximum atomic E-state index is 12.7. The van der Waals surface area contributed by atoms with Gasteiger partial charge in [-0.05, 0) is 55.1 Å². The summed E-state index contributed by atoms with van der Waals surface area (Å²) in [4.78, 5) is 11.5. The fraction of sp³-hybridized carbons (Fsp3) is 0.611. The first kappa shape index (κ1) is 16.7. The topological polar surface area (TPSA) is 63.2 Å². The number of hydrogen-bond acceptors (Lipinski definition) is 3. The van der Waals surface area contributed by atoms with Gasteiger partial charge < -0.3 is 0 Å². The van der Waals surface area contributed by atoms with Gasteiger partial charge >= 0.3 is 0 Å². The average molecular weight is 335 g/mol. The van der Waals surface area contributed by atoms with E-state index >= 15 is 0 Å². The van der Waals surface area contributed by atoms with E-state index < -0.39 is 10.0 Å². The Morgan fingerprint density at radius 1 is 1.17 bits per heavy atom. The molecule has 2 aliphatic carbocycles. The van der Waals surface area contributed by atoms with E-state index in [1.54, 1.807) is 12.1 Å². The largest absolute Gasteiger partial charge is 0.295 e. The Hall–Kier alpha value is -1.20. The summed E-state index contributed by atoms with van der Waals surface area (Å²) < 4.78 is 28.3. The monoisotopic (exact) mass is 335 g/mol. The highest BCUT2D eigenvalue weighted by atomic mass is 32.2. The van der Waals surface area contributed by atoms with Gasteiger partial charge in [0, 0.05) is 11.6 Å². The highest BCUT2D eigenvalue weighted by Crippen LogP contribution is 2.65. The fourth-order valence-corrected chi connectivity index (χ4v) is 5.87. The van der Waals surface area contributed by atoms with Crippen LogP contribution in [0, 0.1) is 16.7 Å². The van der Waals surface area contributed by atoms with E-state index in [1.165, 1.54) is 25.5 Å². The minimum atomic E-state index is -3.56. The highest BCUT2D eigenvalue weighted by molar-refractivity contribution is 7.89. The summed E-state index contributed by atoms with van der Waals surface area (Å²) in [6.07, 6.45) is 3.17. The van der Waals surface area contributed by atoms with Crippen LogP contribution in [0.5, 0.6) is 0 Å². The Balaban J connectivity index is 1.84. The van der Waals surface area contributed by atoms with Crippen molar-refractivity contribution in [2.45, 2.75) is 57.9 Å². The lowest BCUT2D eigenvalue weighted by Crippen LogP contribution is -2.46. The molecule has 5 heteroatoms. The summed E-state index contributed by atoms with van der Waals surface area (Å²) in [6.45, 7) is 8.22. The number of Topliss-reactive ketones (excluding diaryl/α,β-unsaturated/α-hetero) is 1. The van der Waals surface area contributed by atoms with Crippen molar-refractivity contribution in [2.75, 3.05) is 0 Å². The molecule has 4 nitrogen and oxygen atoms in total. The fourth-order valence-electron chi connectivity index (χ4n) is 4.51. The zero-order valence-electron chi connectivity index (χ0n) is 14.2. The first-order valence-electron chi connectivity index (χ1n) is 8.21. The number of carbonyl (C=O) groups excluding carboxylic acids is 1. The molecule has 2 aliphatic rings. The van der Waals surface area contributed by atoms with Crippen LogP contribution in [0.4, 0.5) is 0 Å². The molecule has 3 atom stereocenters. The molecular formula is C18H25NO3S. The van der Waals surface area contributed by atoms with Crippen LogP contribution in [-0.2, 0) is 10.0 Å². The number of fused-ring (bicyclic) bond motifs is 2. The maximum absolute atomic E-state index is 12.7. The average Bonchev–Trinajstić information content (AvgIpc) is 2.80. The quantitative estimate of drug-likeness (QED) is 0.858. The van der Waals surface area contributed by atoms with Crippen molar-refractivity contribution in [3.63, 3.8) is 0 Å². The van der Waals surface area contributed by atoms with Crippen molar-refractivity contribution in [3.05, 3.63) is 29.8 Å². The number of benzene rings is 1. The summed E-state index contributed by atoms with van der Waals surface area (Å²) in [5.74, 6) is 0.518. The molecule has 0 spiro atoms. The Morgan fingerprint density at radius 2 is 1.78 bits per heavy atom. The van der Waals surface area contributed by atoms with Crippen LogP contribution in [0.3, 0.4) is 0 Å². The summed E-state index contributed by atoms with van der Waals surface area (Å²) in [5, 5.41) is 0. The Labute approximate surface area is 138 Å². The molecule has 1 aromatic carbocycles. The molecule has 2 saturated carbocycles. The van der Waals surface area contributed by atoms with Gasteiger partial charge in [0.25, 0.3) is 0 Å². The van der Waals surface area contributed by atoms with Crippen LogP contribution in [0.1, 0.15) is 57.3 Å². The summed E-state index contributed by atoms with van der Waals surface area (Å²) in [7, 11) is -3.56. The molecule has 0 aromatic heterocycles. The van der Waals surface area contributed by atoms with Crippen LogP contribution in [-0.4, -0.2) is 20.2 Å². The zero-order chi connectivity index (χ0) is 17.0. The summed E-state index contributed by atoms with van der Waals surface area (Å²) in [6, 6.07) is 6.15. The minimum absolute atomic E-state index is 0.00403. The van der Waals surface area contributed by atoms with E-state index in [1.807, 2.05) is 0 Å². The predicted molar refractivity (Wildman–Crippen MR) is 89.8 cm³/mol. The molecule has 2 bridgehead atoms. The first-order valence-corrected chi connectivity index (χ1v) is 9.69. The third-order valence-corrected chi connectivity index (χ3v) is 8.15. The number of rotatable bonds is 4. The lowest BCUT2D eigenvalue weighted by Gasteiger charge is -2.39. The number of sulfonamides is 1. The summed E-state index contributed by atoms with van der Waals surface area (Å²) in [5.41, 5.74) is 0.694. The van der Waals surface area contributed by atoms with E-state index in [2.05, 4.69) is 25.5 Å². The zero-order valence-corrected chi connectivity index (χ0v) is 15.0. The second-order valence-electron chi connectivity index (χ2n) is 7.86. The second-order valence-corrected chi connectivity index (χ2v) is 9.58. The lowest BCUT2D eigenvalue weighted by atomic mass is 9.69. The van der Waals surface area contributed by atoms with E-state index in [0.29, 0.717) is 11.5 Å². The van der Waals surface area contributed by atoms with E-state index in [9.17, 15) is 13.2 Å². The molecule has 0 heterocycles. The molecule has 0 radical (unpaired) electrons. The Bertz CT molecular complexity index is 736. The van der Waals surface area contributed by atoms with Crippen LogP contribution >= 0.6 is 0 Å². The molecule has 3 rings (SSSR count). The standard InChI is InChI=1S/C18H25NO3S/c1-12(20)13-5-7-15(8-6-13)23(21,22)19-16-11-14-9-10-18(16,4)17(14,2)3/h5-8,14,16,19H,9-11H2,1-4H3. The molecule has 0 saturated heterocycles. The predicted octanol–water partition coefficient (Wildman–Crippen LogP) is 3.38. The molecule has 23 heavy (non-hydrogen) atoms. The van der Waals surface area contributed by atoms with Gasteiger partial charge in [-0.25, -0.2) is 13.1 Å². The molecule has 0 amide bonds. The third-order valence-electron chi connectivity index (χ3n) is 6.66. The lowest BCUT2D eigenvalue weighted by molar-refractivity contribution is 0.101. The Kier molecular flexibility index (Phi) is 3.73. The van der Waals surface area contributed by atoms with Crippen molar-refractivity contribution < 1.29 is 13.2 Å². The number of nitrogens with one attached hydrogen (secondary N) is 1. The van der Waals surface area contributed by atoms with E-state index in [0.717, 1.165) is 12.8 Å². The van der Waals surface area contributed by atoms with Crippen molar-refractivity contribution in [1.82, 2.24) is 4.72 Å². The van der Waals surface area contributed by atoms with Gasteiger partial charge in [0.2, 0.25) is 10.0 Å². The van der Waals surface area contributed by atoms with Crippen LogP contribution < -0.4 is 4.72 Å². The molecule has 2 fully saturated rings. The van der Waals surface area contributed by atoms with E-state index in [-0.39, 0.29) is 27.6 Å². The van der Waals surface area contributed by atoms with Gasteiger partial charge in [-0.3, -0.25) is 4.79 Å². The first-order chi connectivity index (χ1) is 10.6. The van der Waals surface area contributed by atoms with Crippen LogP contribution in [0.25, 0.3) is 0 Å². The van der Waals surface area contributed by atoms with Gasteiger partial charge in [-0.2, -0.15) is 0 Å². The van der Waals surface area contributed by atoms with Crippen LogP contribution in [0.2, 0.25) is 0 Å². The number of carbonyl (C=O) groups is 1. The normalized spacial score (nSPS) is 32.2. The Morgan fingerprint density at radius 3 is 2.22 bits per heavy atom. The van der Waals surface area contributed by atoms with Gasteiger partial charge in [-0.15, -0.1) is 0 Å². The molecule has 3 unspecified atom stereocenters. The smallest absolute Gasteiger partial charge is 0.240 e. The van der Waals surface area contributed by atoms with Crippen molar-refractivity contribution in [3.8, 4) is 0 Å². The van der Waals surface area contributed by atoms with Gasteiger partial charge in [-0.1, -0.05) is 32.9 Å².